The highest BCUT2D eigenvalue weighted by molar-refractivity contribution is 5.68. The summed E-state index contributed by atoms with van der Waals surface area (Å²) in [5.74, 6) is 7.06. The molecule has 0 fully saturated rings. The molecule has 0 radical (unpaired) electrons. The van der Waals surface area contributed by atoms with Crippen LogP contribution in [0.1, 0.15) is 16.9 Å². The molecule has 3 aromatic rings. The lowest BCUT2D eigenvalue weighted by Crippen LogP contribution is -1.83. The fraction of sp³-hybridized carbons (Fsp3) is 0.0556. The van der Waals surface area contributed by atoms with Gasteiger partial charge in [0.2, 0.25) is 0 Å². The maximum atomic E-state index is 5.29. The Morgan fingerprint density at radius 2 is 1.50 bits per heavy atom. The van der Waals surface area contributed by atoms with E-state index in [1.165, 1.54) is 0 Å². The molecule has 96 valence electrons. The van der Waals surface area contributed by atoms with E-state index >= 15 is 0 Å². The van der Waals surface area contributed by atoms with Crippen LogP contribution in [0, 0.1) is 18.8 Å². The Morgan fingerprint density at radius 1 is 0.850 bits per heavy atom. The smallest absolute Gasteiger partial charge is 0.149 e. The fourth-order valence-electron chi connectivity index (χ4n) is 1.97. The van der Waals surface area contributed by atoms with Gasteiger partial charge in [0.25, 0.3) is 0 Å². The normalized spacial score (nSPS) is 9.85. The summed E-state index contributed by atoms with van der Waals surface area (Å²) in [4.78, 5) is 0. The highest BCUT2D eigenvalue weighted by atomic mass is 16.5. The lowest BCUT2D eigenvalue weighted by molar-refractivity contribution is 0.399. The van der Waals surface area contributed by atoms with E-state index in [0.29, 0.717) is 0 Å². The van der Waals surface area contributed by atoms with E-state index in [2.05, 4.69) is 17.0 Å². The molecular formula is C18H13NO. The van der Waals surface area contributed by atoms with Gasteiger partial charge in [0.1, 0.15) is 11.5 Å². The number of hydrogen-bond donors (Lipinski definition) is 0. The van der Waals surface area contributed by atoms with Gasteiger partial charge in [0, 0.05) is 11.1 Å². The minimum atomic E-state index is 0.743. The third kappa shape index (κ3) is 2.48. The lowest BCUT2D eigenvalue weighted by atomic mass is 10.1. The third-order valence-electron chi connectivity index (χ3n) is 3.02. The summed E-state index contributed by atoms with van der Waals surface area (Å²) in [5, 5.41) is 4.12. The Bertz CT molecular complexity index is 761. The molecule has 0 aliphatic carbocycles. The molecule has 2 heteroatoms. The van der Waals surface area contributed by atoms with Gasteiger partial charge in [0.15, 0.2) is 0 Å². The molecule has 1 aromatic heterocycles. The summed E-state index contributed by atoms with van der Waals surface area (Å²) < 4.78 is 5.29. The predicted molar refractivity (Wildman–Crippen MR) is 79.1 cm³/mol. The molecule has 0 saturated heterocycles. The molecule has 0 spiro atoms. The van der Waals surface area contributed by atoms with Crippen molar-refractivity contribution in [3.8, 4) is 23.1 Å². The molecule has 0 amide bonds. The van der Waals surface area contributed by atoms with Crippen molar-refractivity contribution < 1.29 is 4.52 Å². The zero-order chi connectivity index (χ0) is 13.8. The van der Waals surface area contributed by atoms with Gasteiger partial charge in [-0.2, -0.15) is 0 Å². The van der Waals surface area contributed by atoms with Gasteiger partial charge >= 0.3 is 0 Å². The van der Waals surface area contributed by atoms with E-state index in [1.807, 2.05) is 67.6 Å². The summed E-state index contributed by atoms with van der Waals surface area (Å²) in [6.45, 7) is 1.88. The molecular weight excluding hydrogens is 246 g/mol. The van der Waals surface area contributed by atoms with E-state index in [4.69, 9.17) is 4.52 Å². The van der Waals surface area contributed by atoms with E-state index in [9.17, 15) is 0 Å². The molecule has 0 saturated carbocycles. The van der Waals surface area contributed by atoms with Crippen molar-refractivity contribution in [3.63, 3.8) is 0 Å². The summed E-state index contributed by atoms with van der Waals surface area (Å²) in [7, 11) is 0. The Morgan fingerprint density at radius 3 is 2.20 bits per heavy atom. The monoisotopic (exact) mass is 259 g/mol. The summed E-state index contributed by atoms with van der Waals surface area (Å²) in [5.41, 5.74) is 3.64. The van der Waals surface area contributed by atoms with Gasteiger partial charge < -0.3 is 4.52 Å². The minimum Gasteiger partial charge on any atom is -0.360 e. The first-order chi connectivity index (χ1) is 9.84. The second kappa shape index (κ2) is 5.46. The van der Waals surface area contributed by atoms with E-state index < -0.39 is 0 Å². The van der Waals surface area contributed by atoms with E-state index in [-0.39, 0.29) is 0 Å². The molecule has 0 aliphatic heterocycles. The number of aromatic nitrogens is 1. The first kappa shape index (κ1) is 12.3. The predicted octanol–water partition coefficient (Wildman–Crippen LogP) is 4.05. The number of benzene rings is 2. The molecule has 2 nitrogen and oxygen atoms in total. The first-order valence-corrected chi connectivity index (χ1v) is 6.43. The van der Waals surface area contributed by atoms with Gasteiger partial charge in [-0.1, -0.05) is 65.5 Å². The lowest BCUT2D eigenvalue weighted by Gasteiger charge is -1.95. The van der Waals surface area contributed by atoms with Crippen LogP contribution < -0.4 is 0 Å². The second-order valence-electron chi connectivity index (χ2n) is 4.44. The Balaban J connectivity index is 2.03. The fourth-order valence-corrected chi connectivity index (χ4v) is 1.97. The number of hydrogen-bond acceptors (Lipinski definition) is 2. The van der Waals surface area contributed by atoms with Crippen LogP contribution in [0.25, 0.3) is 11.3 Å². The molecule has 20 heavy (non-hydrogen) atoms. The van der Waals surface area contributed by atoms with Gasteiger partial charge in [-0.05, 0) is 19.1 Å². The first-order valence-electron chi connectivity index (χ1n) is 6.43. The second-order valence-corrected chi connectivity index (χ2v) is 4.44. The van der Waals surface area contributed by atoms with Crippen LogP contribution in [0.2, 0.25) is 0 Å². The van der Waals surface area contributed by atoms with Crippen molar-refractivity contribution in [3.05, 3.63) is 77.6 Å². The van der Waals surface area contributed by atoms with Crippen molar-refractivity contribution in [1.29, 1.82) is 0 Å². The summed E-state index contributed by atoms with van der Waals surface area (Å²) in [6, 6.07) is 19.8. The highest BCUT2D eigenvalue weighted by Crippen LogP contribution is 2.24. The Labute approximate surface area is 118 Å². The van der Waals surface area contributed by atoms with Gasteiger partial charge in [-0.3, -0.25) is 0 Å². The Kier molecular flexibility index (Phi) is 3.34. The molecule has 0 aliphatic rings. The molecule has 2 aromatic carbocycles. The average molecular weight is 259 g/mol. The van der Waals surface area contributed by atoms with Crippen LogP contribution in [0.4, 0.5) is 0 Å². The van der Waals surface area contributed by atoms with Crippen molar-refractivity contribution >= 4 is 0 Å². The SMILES string of the molecule is Cc1onc(-c2ccccc2)c1C#Cc1ccccc1. The third-order valence-corrected chi connectivity index (χ3v) is 3.02. The number of rotatable bonds is 1. The van der Waals surface area contributed by atoms with Crippen LogP contribution in [0.5, 0.6) is 0 Å². The van der Waals surface area contributed by atoms with Crippen molar-refractivity contribution in [1.82, 2.24) is 5.16 Å². The molecule has 0 atom stereocenters. The van der Waals surface area contributed by atoms with Gasteiger partial charge in [0.05, 0.1) is 5.56 Å². The highest BCUT2D eigenvalue weighted by Gasteiger charge is 2.12. The zero-order valence-corrected chi connectivity index (χ0v) is 11.1. The van der Waals surface area contributed by atoms with Crippen molar-refractivity contribution in [2.45, 2.75) is 6.92 Å². The molecule has 0 N–H and O–H groups in total. The van der Waals surface area contributed by atoms with Crippen LogP contribution in [0.3, 0.4) is 0 Å². The minimum absolute atomic E-state index is 0.743. The average Bonchev–Trinajstić information content (AvgIpc) is 2.88. The van der Waals surface area contributed by atoms with E-state index in [0.717, 1.165) is 28.1 Å². The number of aryl methyl sites for hydroxylation is 1. The van der Waals surface area contributed by atoms with Gasteiger partial charge in [-0.15, -0.1) is 0 Å². The standard InChI is InChI=1S/C18H13NO/c1-14-17(13-12-15-8-4-2-5-9-15)18(19-20-14)16-10-6-3-7-11-16/h2-11H,1H3. The van der Waals surface area contributed by atoms with Crippen LogP contribution in [-0.4, -0.2) is 5.16 Å². The van der Waals surface area contributed by atoms with Gasteiger partial charge in [-0.25, -0.2) is 0 Å². The van der Waals surface area contributed by atoms with Crippen LogP contribution in [-0.2, 0) is 0 Å². The molecule has 1 heterocycles. The summed E-state index contributed by atoms with van der Waals surface area (Å²) >= 11 is 0. The molecule has 0 unspecified atom stereocenters. The van der Waals surface area contributed by atoms with Crippen LogP contribution in [0.15, 0.2) is 65.2 Å². The topological polar surface area (TPSA) is 26.0 Å². The largest absolute Gasteiger partial charge is 0.360 e. The zero-order valence-electron chi connectivity index (χ0n) is 11.1. The quantitative estimate of drug-likeness (QED) is 0.616. The number of nitrogens with zero attached hydrogens (tertiary/aromatic N) is 1. The van der Waals surface area contributed by atoms with E-state index in [1.54, 1.807) is 0 Å². The van der Waals surface area contributed by atoms with Crippen molar-refractivity contribution in [2.24, 2.45) is 0 Å². The maximum Gasteiger partial charge on any atom is 0.149 e. The molecule has 0 bridgehead atoms. The molecule has 3 rings (SSSR count). The maximum absolute atomic E-state index is 5.29. The Hall–Kier alpha value is -2.79. The summed E-state index contributed by atoms with van der Waals surface area (Å²) in [6.07, 6.45) is 0. The van der Waals surface area contributed by atoms with Crippen LogP contribution >= 0.6 is 0 Å². The van der Waals surface area contributed by atoms with Crippen molar-refractivity contribution in [2.75, 3.05) is 0 Å².